The van der Waals surface area contributed by atoms with Crippen LogP contribution in [0.15, 0.2) is 18.2 Å². The van der Waals surface area contributed by atoms with Crippen LogP contribution in [-0.2, 0) is 0 Å². The molecule has 1 aromatic carbocycles. The van der Waals surface area contributed by atoms with E-state index in [1.165, 1.54) is 19.3 Å². The Kier molecular flexibility index (Phi) is 4.83. The topological polar surface area (TPSA) is 35.5 Å². The van der Waals surface area contributed by atoms with Gasteiger partial charge in [0, 0.05) is 11.5 Å². The predicted octanol–water partition coefficient (Wildman–Crippen LogP) is 3.86. The summed E-state index contributed by atoms with van der Waals surface area (Å²) >= 11 is 0. The maximum absolute atomic E-state index is 12.4. The molecule has 0 heterocycles. The molecule has 0 aromatic heterocycles. The number of benzene rings is 1. The SMILES string of the molecule is CCOc1ccc(C(=O)C2CCCCC2)cc1OC. The van der Waals surface area contributed by atoms with Crippen molar-refractivity contribution in [3.05, 3.63) is 23.8 Å². The molecular weight excluding hydrogens is 240 g/mol. The van der Waals surface area contributed by atoms with E-state index in [0.717, 1.165) is 18.4 Å². The number of rotatable bonds is 5. The summed E-state index contributed by atoms with van der Waals surface area (Å²) < 4.78 is 10.8. The van der Waals surface area contributed by atoms with E-state index < -0.39 is 0 Å². The van der Waals surface area contributed by atoms with Crippen molar-refractivity contribution in [2.45, 2.75) is 39.0 Å². The summed E-state index contributed by atoms with van der Waals surface area (Å²) in [6.45, 7) is 2.52. The van der Waals surface area contributed by atoms with Gasteiger partial charge in [-0.05, 0) is 38.0 Å². The largest absolute Gasteiger partial charge is 0.493 e. The summed E-state index contributed by atoms with van der Waals surface area (Å²) in [5.74, 6) is 1.78. The third-order valence-electron chi connectivity index (χ3n) is 3.72. The highest BCUT2D eigenvalue weighted by Crippen LogP contribution is 2.32. The van der Waals surface area contributed by atoms with E-state index in [1.807, 2.05) is 25.1 Å². The fourth-order valence-corrected chi connectivity index (χ4v) is 2.70. The molecule has 2 rings (SSSR count). The Balaban J connectivity index is 2.17. The second-order valence-electron chi connectivity index (χ2n) is 5.00. The molecule has 1 aliphatic carbocycles. The van der Waals surface area contributed by atoms with E-state index in [4.69, 9.17) is 9.47 Å². The van der Waals surface area contributed by atoms with E-state index in [-0.39, 0.29) is 11.7 Å². The molecule has 104 valence electrons. The number of carbonyl (C=O) groups is 1. The maximum Gasteiger partial charge on any atom is 0.166 e. The first-order valence-corrected chi connectivity index (χ1v) is 7.11. The summed E-state index contributed by atoms with van der Waals surface area (Å²) in [5, 5.41) is 0. The maximum atomic E-state index is 12.4. The van der Waals surface area contributed by atoms with E-state index in [2.05, 4.69) is 0 Å². The smallest absolute Gasteiger partial charge is 0.166 e. The van der Waals surface area contributed by atoms with Crippen LogP contribution in [0.25, 0.3) is 0 Å². The minimum atomic E-state index is 0.191. The lowest BCUT2D eigenvalue weighted by Gasteiger charge is -2.20. The molecule has 0 bridgehead atoms. The summed E-state index contributed by atoms with van der Waals surface area (Å²) in [5.41, 5.74) is 0.743. The van der Waals surface area contributed by atoms with Crippen LogP contribution in [0.2, 0.25) is 0 Å². The summed E-state index contributed by atoms with van der Waals surface area (Å²) in [6.07, 6.45) is 5.65. The third-order valence-corrected chi connectivity index (χ3v) is 3.72. The van der Waals surface area contributed by atoms with E-state index in [0.29, 0.717) is 18.1 Å². The van der Waals surface area contributed by atoms with Crippen molar-refractivity contribution in [3.8, 4) is 11.5 Å². The zero-order valence-electron chi connectivity index (χ0n) is 11.8. The number of ether oxygens (including phenoxy) is 2. The fraction of sp³-hybridized carbons (Fsp3) is 0.562. The molecule has 3 nitrogen and oxygen atoms in total. The number of Topliss-reactive ketones (excluding diaryl/α,β-unsaturated/α-hetero) is 1. The second kappa shape index (κ2) is 6.60. The van der Waals surface area contributed by atoms with Gasteiger partial charge >= 0.3 is 0 Å². The van der Waals surface area contributed by atoms with Crippen LogP contribution in [-0.4, -0.2) is 19.5 Å². The second-order valence-corrected chi connectivity index (χ2v) is 5.00. The minimum Gasteiger partial charge on any atom is -0.493 e. The first-order chi connectivity index (χ1) is 9.26. The average Bonchev–Trinajstić information content (AvgIpc) is 2.48. The molecule has 1 saturated carbocycles. The zero-order valence-corrected chi connectivity index (χ0v) is 11.8. The van der Waals surface area contributed by atoms with Crippen LogP contribution in [0.5, 0.6) is 11.5 Å². The van der Waals surface area contributed by atoms with Crippen molar-refractivity contribution in [1.29, 1.82) is 0 Å². The fourth-order valence-electron chi connectivity index (χ4n) is 2.70. The quantitative estimate of drug-likeness (QED) is 0.756. The van der Waals surface area contributed by atoms with Crippen molar-refractivity contribution >= 4 is 5.78 Å². The molecule has 1 aromatic rings. The van der Waals surface area contributed by atoms with Gasteiger partial charge in [-0.3, -0.25) is 4.79 Å². The molecule has 1 fully saturated rings. The Labute approximate surface area is 114 Å². The normalized spacial score (nSPS) is 16.1. The molecule has 0 spiro atoms. The summed E-state index contributed by atoms with van der Waals surface area (Å²) in [4.78, 5) is 12.4. The summed E-state index contributed by atoms with van der Waals surface area (Å²) in [7, 11) is 1.60. The molecule has 0 radical (unpaired) electrons. The monoisotopic (exact) mass is 262 g/mol. The molecule has 0 saturated heterocycles. The van der Waals surface area contributed by atoms with E-state index in [1.54, 1.807) is 7.11 Å². The van der Waals surface area contributed by atoms with Gasteiger partial charge in [0.25, 0.3) is 0 Å². The molecule has 0 amide bonds. The van der Waals surface area contributed by atoms with Gasteiger partial charge in [0.1, 0.15) is 0 Å². The lowest BCUT2D eigenvalue weighted by molar-refractivity contribution is 0.0889. The number of ketones is 1. The van der Waals surface area contributed by atoms with Gasteiger partial charge in [-0.25, -0.2) is 0 Å². The molecular formula is C16H22O3. The van der Waals surface area contributed by atoms with Crippen molar-refractivity contribution < 1.29 is 14.3 Å². The van der Waals surface area contributed by atoms with Crippen molar-refractivity contribution in [2.24, 2.45) is 5.92 Å². The molecule has 0 aliphatic heterocycles. The van der Waals surface area contributed by atoms with Crippen LogP contribution in [0, 0.1) is 5.92 Å². The Bertz CT molecular complexity index is 434. The Morgan fingerprint density at radius 2 is 1.95 bits per heavy atom. The van der Waals surface area contributed by atoms with Gasteiger partial charge in [0.2, 0.25) is 0 Å². The van der Waals surface area contributed by atoms with Gasteiger partial charge in [0.05, 0.1) is 13.7 Å². The standard InChI is InChI=1S/C16H22O3/c1-3-19-14-10-9-13(11-15(14)18-2)16(17)12-7-5-4-6-8-12/h9-12H,3-8H2,1-2H3. The van der Waals surface area contributed by atoms with Gasteiger partial charge in [0.15, 0.2) is 17.3 Å². The first kappa shape index (κ1) is 13.9. The average molecular weight is 262 g/mol. The number of methoxy groups -OCH3 is 1. The third kappa shape index (κ3) is 3.28. The zero-order chi connectivity index (χ0) is 13.7. The highest BCUT2D eigenvalue weighted by Gasteiger charge is 2.23. The van der Waals surface area contributed by atoms with Gasteiger partial charge in [-0.1, -0.05) is 19.3 Å². The van der Waals surface area contributed by atoms with Gasteiger partial charge in [-0.15, -0.1) is 0 Å². The predicted molar refractivity (Wildman–Crippen MR) is 75.1 cm³/mol. The van der Waals surface area contributed by atoms with Crippen LogP contribution in [0.1, 0.15) is 49.4 Å². The molecule has 1 aliphatic rings. The van der Waals surface area contributed by atoms with Crippen molar-refractivity contribution in [1.82, 2.24) is 0 Å². The number of hydrogen-bond acceptors (Lipinski definition) is 3. The van der Waals surface area contributed by atoms with E-state index in [9.17, 15) is 4.79 Å². The van der Waals surface area contributed by atoms with Crippen molar-refractivity contribution in [3.63, 3.8) is 0 Å². The van der Waals surface area contributed by atoms with Crippen LogP contribution in [0.4, 0.5) is 0 Å². The lowest BCUT2D eigenvalue weighted by Crippen LogP contribution is -2.17. The summed E-state index contributed by atoms with van der Waals surface area (Å²) in [6, 6.07) is 5.49. The molecule has 3 heteroatoms. The Morgan fingerprint density at radius 3 is 2.58 bits per heavy atom. The van der Waals surface area contributed by atoms with Gasteiger partial charge < -0.3 is 9.47 Å². The number of hydrogen-bond donors (Lipinski definition) is 0. The highest BCUT2D eigenvalue weighted by molar-refractivity contribution is 5.98. The highest BCUT2D eigenvalue weighted by atomic mass is 16.5. The first-order valence-electron chi connectivity index (χ1n) is 7.11. The lowest BCUT2D eigenvalue weighted by atomic mass is 9.84. The van der Waals surface area contributed by atoms with Crippen molar-refractivity contribution in [2.75, 3.05) is 13.7 Å². The number of carbonyl (C=O) groups excluding carboxylic acids is 1. The van der Waals surface area contributed by atoms with Crippen LogP contribution in [0.3, 0.4) is 0 Å². The van der Waals surface area contributed by atoms with Crippen LogP contribution >= 0.6 is 0 Å². The molecule has 0 unspecified atom stereocenters. The Hall–Kier alpha value is -1.51. The molecule has 19 heavy (non-hydrogen) atoms. The molecule has 0 N–H and O–H groups in total. The molecule has 0 atom stereocenters. The van der Waals surface area contributed by atoms with Crippen LogP contribution < -0.4 is 9.47 Å². The van der Waals surface area contributed by atoms with E-state index >= 15 is 0 Å². The Morgan fingerprint density at radius 1 is 1.21 bits per heavy atom. The minimum absolute atomic E-state index is 0.191. The van der Waals surface area contributed by atoms with Gasteiger partial charge in [-0.2, -0.15) is 0 Å².